The van der Waals surface area contributed by atoms with Crippen LogP contribution in [0.1, 0.15) is 12.1 Å². The quantitative estimate of drug-likeness (QED) is 0.699. The largest absolute Gasteiger partial charge is 0.399 e. The van der Waals surface area contributed by atoms with Gasteiger partial charge in [0.15, 0.2) is 0 Å². The van der Waals surface area contributed by atoms with E-state index in [0.717, 1.165) is 17.8 Å². The summed E-state index contributed by atoms with van der Waals surface area (Å²) in [5.74, 6) is 0. The van der Waals surface area contributed by atoms with Crippen LogP contribution >= 0.6 is 0 Å². The van der Waals surface area contributed by atoms with Crippen molar-refractivity contribution in [3.05, 3.63) is 30.1 Å². The SMILES string of the molecule is NCCC=Cc1cc(N)ccn1. The lowest BCUT2D eigenvalue weighted by Crippen LogP contribution is -1.95. The molecule has 0 atom stereocenters. The summed E-state index contributed by atoms with van der Waals surface area (Å²) in [6.45, 7) is 0.665. The van der Waals surface area contributed by atoms with E-state index in [4.69, 9.17) is 11.5 Å². The Morgan fingerprint density at radius 3 is 3.00 bits per heavy atom. The van der Waals surface area contributed by atoms with Crippen LogP contribution in [0, 0.1) is 0 Å². The first kappa shape index (κ1) is 8.74. The molecule has 0 saturated heterocycles. The van der Waals surface area contributed by atoms with Gasteiger partial charge in [0.1, 0.15) is 0 Å². The van der Waals surface area contributed by atoms with Gasteiger partial charge in [0, 0.05) is 11.9 Å². The van der Waals surface area contributed by atoms with Crippen molar-refractivity contribution in [2.45, 2.75) is 6.42 Å². The van der Waals surface area contributed by atoms with E-state index < -0.39 is 0 Å². The summed E-state index contributed by atoms with van der Waals surface area (Å²) < 4.78 is 0. The number of anilines is 1. The van der Waals surface area contributed by atoms with Crippen molar-refractivity contribution in [2.75, 3.05) is 12.3 Å². The minimum Gasteiger partial charge on any atom is -0.399 e. The Balaban J connectivity index is 2.63. The zero-order valence-electron chi connectivity index (χ0n) is 6.90. The number of nitrogens with zero attached hydrogens (tertiary/aromatic N) is 1. The van der Waals surface area contributed by atoms with Gasteiger partial charge in [-0.1, -0.05) is 6.08 Å². The van der Waals surface area contributed by atoms with Gasteiger partial charge in [-0.05, 0) is 31.2 Å². The first-order valence-electron chi connectivity index (χ1n) is 3.91. The van der Waals surface area contributed by atoms with Crippen LogP contribution in [0.5, 0.6) is 0 Å². The van der Waals surface area contributed by atoms with E-state index in [-0.39, 0.29) is 0 Å². The van der Waals surface area contributed by atoms with Crippen LogP contribution in [-0.4, -0.2) is 11.5 Å². The molecular formula is C9H13N3. The standard InChI is InChI=1S/C9H13N3/c10-5-2-1-3-9-7-8(11)4-6-12-9/h1,3-4,6-7H,2,5,10H2,(H2,11,12). The van der Waals surface area contributed by atoms with E-state index in [0.29, 0.717) is 6.54 Å². The maximum absolute atomic E-state index is 5.56. The first-order valence-corrected chi connectivity index (χ1v) is 3.91. The molecule has 4 N–H and O–H groups in total. The molecule has 64 valence electrons. The third kappa shape index (κ3) is 2.72. The number of hydrogen-bond acceptors (Lipinski definition) is 3. The second-order valence-electron chi connectivity index (χ2n) is 2.49. The smallest absolute Gasteiger partial charge is 0.0646 e. The maximum atomic E-state index is 5.56. The lowest BCUT2D eigenvalue weighted by molar-refractivity contribution is 1.01. The van der Waals surface area contributed by atoms with Crippen molar-refractivity contribution >= 4 is 11.8 Å². The molecule has 0 radical (unpaired) electrons. The molecule has 0 aliphatic rings. The monoisotopic (exact) mass is 163 g/mol. The highest BCUT2D eigenvalue weighted by Crippen LogP contribution is 2.04. The summed E-state index contributed by atoms with van der Waals surface area (Å²) in [5.41, 5.74) is 12.5. The Hall–Kier alpha value is -1.35. The highest BCUT2D eigenvalue weighted by atomic mass is 14.7. The van der Waals surface area contributed by atoms with Gasteiger partial charge < -0.3 is 11.5 Å². The summed E-state index contributed by atoms with van der Waals surface area (Å²) in [6.07, 6.45) is 6.47. The second kappa shape index (κ2) is 4.51. The van der Waals surface area contributed by atoms with E-state index in [1.807, 2.05) is 18.2 Å². The molecule has 0 fully saturated rings. The molecule has 0 amide bonds. The number of pyridine rings is 1. The molecule has 0 spiro atoms. The summed E-state index contributed by atoms with van der Waals surface area (Å²) in [6, 6.07) is 3.59. The van der Waals surface area contributed by atoms with E-state index in [1.165, 1.54) is 0 Å². The number of nitrogen functional groups attached to an aromatic ring is 1. The van der Waals surface area contributed by atoms with Gasteiger partial charge in [-0.2, -0.15) is 0 Å². The predicted molar refractivity (Wildman–Crippen MR) is 51.4 cm³/mol. The Kier molecular flexibility index (Phi) is 3.29. The number of nitrogens with two attached hydrogens (primary N) is 2. The van der Waals surface area contributed by atoms with Crippen LogP contribution in [0.15, 0.2) is 24.4 Å². The molecule has 1 heterocycles. The molecule has 1 rings (SSSR count). The summed E-state index contributed by atoms with van der Waals surface area (Å²) >= 11 is 0. The molecule has 1 aromatic rings. The molecule has 0 unspecified atom stereocenters. The van der Waals surface area contributed by atoms with Gasteiger partial charge in [0.25, 0.3) is 0 Å². The van der Waals surface area contributed by atoms with E-state index in [2.05, 4.69) is 4.98 Å². The van der Waals surface area contributed by atoms with Crippen LogP contribution in [0.4, 0.5) is 5.69 Å². The Morgan fingerprint density at radius 1 is 1.50 bits per heavy atom. The summed E-state index contributed by atoms with van der Waals surface area (Å²) in [5, 5.41) is 0. The predicted octanol–water partition coefficient (Wildman–Crippen LogP) is 1.03. The van der Waals surface area contributed by atoms with Crippen molar-refractivity contribution in [1.29, 1.82) is 0 Å². The van der Waals surface area contributed by atoms with Crippen LogP contribution in [0.3, 0.4) is 0 Å². The second-order valence-corrected chi connectivity index (χ2v) is 2.49. The molecule has 12 heavy (non-hydrogen) atoms. The third-order valence-corrected chi connectivity index (χ3v) is 1.43. The van der Waals surface area contributed by atoms with Gasteiger partial charge >= 0.3 is 0 Å². The highest BCUT2D eigenvalue weighted by Gasteiger charge is 1.87. The molecule has 3 nitrogen and oxygen atoms in total. The summed E-state index contributed by atoms with van der Waals surface area (Å²) in [7, 11) is 0. The average Bonchev–Trinajstić information content (AvgIpc) is 2.05. The van der Waals surface area contributed by atoms with E-state index in [9.17, 15) is 0 Å². The third-order valence-electron chi connectivity index (χ3n) is 1.43. The normalized spacial score (nSPS) is 10.8. The minimum atomic E-state index is 0.665. The molecule has 3 heteroatoms. The fraction of sp³-hybridized carbons (Fsp3) is 0.222. The highest BCUT2D eigenvalue weighted by molar-refractivity contribution is 5.50. The van der Waals surface area contributed by atoms with Crippen molar-refractivity contribution in [2.24, 2.45) is 5.73 Å². The Morgan fingerprint density at radius 2 is 2.33 bits per heavy atom. The number of hydrogen-bond donors (Lipinski definition) is 2. The van der Waals surface area contributed by atoms with Gasteiger partial charge in [-0.25, -0.2) is 0 Å². The van der Waals surface area contributed by atoms with Crippen molar-refractivity contribution in [3.63, 3.8) is 0 Å². The fourth-order valence-electron chi connectivity index (χ4n) is 0.857. The fourth-order valence-corrected chi connectivity index (χ4v) is 0.857. The van der Waals surface area contributed by atoms with Crippen LogP contribution in [0.2, 0.25) is 0 Å². The average molecular weight is 163 g/mol. The Labute approximate surface area is 72.1 Å². The zero-order chi connectivity index (χ0) is 8.81. The van der Waals surface area contributed by atoms with Gasteiger partial charge in [-0.3, -0.25) is 4.98 Å². The van der Waals surface area contributed by atoms with Crippen molar-refractivity contribution in [3.8, 4) is 0 Å². The zero-order valence-corrected chi connectivity index (χ0v) is 6.90. The Bertz CT molecular complexity index is 268. The molecule has 0 aromatic carbocycles. The number of aromatic nitrogens is 1. The van der Waals surface area contributed by atoms with Crippen molar-refractivity contribution in [1.82, 2.24) is 4.98 Å². The van der Waals surface area contributed by atoms with E-state index in [1.54, 1.807) is 12.3 Å². The van der Waals surface area contributed by atoms with E-state index >= 15 is 0 Å². The van der Waals surface area contributed by atoms with Gasteiger partial charge in [0.2, 0.25) is 0 Å². The minimum absolute atomic E-state index is 0.665. The van der Waals surface area contributed by atoms with Crippen LogP contribution < -0.4 is 11.5 Å². The van der Waals surface area contributed by atoms with Gasteiger partial charge in [-0.15, -0.1) is 0 Å². The molecule has 1 aromatic heterocycles. The lowest BCUT2D eigenvalue weighted by Gasteiger charge is -1.93. The van der Waals surface area contributed by atoms with Crippen LogP contribution in [0.25, 0.3) is 6.08 Å². The number of rotatable bonds is 3. The first-order chi connectivity index (χ1) is 5.83. The van der Waals surface area contributed by atoms with Crippen LogP contribution in [-0.2, 0) is 0 Å². The molecule has 0 bridgehead atoms. The van der Waals surface area contributed by atoms with Gasteiger partial charge in [0.05, 0.1) is 5.69 Å². The maximum Gasteiger partial charge on any atom is 0.0646 e. The molecular weight excluding hydrogens is 150 g/mol. The topological polar surface area (TPSA) is 64.9 Å². The lowest BCUT2D eigenvalue weighted by atomic mass is 10.3. The molecule has 0 aliphatic heterocycles. The summed E-state index contributed by atoms with van der Waals surface area (Å²) in [4.78, 5) is 4.10. The molecule has 0 aliphatic carbocycles. The molecule has 0 saturated carbocycles. The van der Waals surface area contributed by atoms with Crippen molar-refractivity contribution < 1.29 is 0 Å².